The van der Waals surface area contributed by atoms with Crippen LogP contribution in [0.4, 0.5) is 15.8 Å². The lowest BCUT2D eigenvalue weighted by molar-refractivity contribution is -0.127. The summed E-state index contributed by atoms with van der Waals surface area (Å²) in [5.41, 5.74) is 0.508. The first kappa shape index (κ1) is 19.7. The Kier molecular flexibility index (Phi) is 6.04. The maximum atomic E-state index is 13.6. The van der Waals surface area contributed by atoms with Crippen molar-refractivity contribution in [3.8, 4) is 0 Å². The molecule has 27 heavy (non-hydrogen) atoms. The molecule has 1 aliphatic rings. The number of nitrogens with zero attached hydrogens (tertiary/aromatic N) is 2. The summed E-state index contributed by atoms with van der Waals surface area (Å²) in [6, 6.07) is 10.7. The normalized spacial score (nSPS) is 18.2. The Bertz CT molecular complexity index is 939. The highest BCUT2D eigenvalue weighted by atomic mass is 35.5. The molecule has 1 heterocycles. The molecule has 2 aromatic carbocycles. The number of rotatable bonds is 4. The molecule has 1 atom stereocenters. The highest BCUT2D eigenvalue weighted by Crippen LogP contribution is 2.34. The van der Waals surface area contributed by atoms with Crippen molar-refractivity contribution in [2.75, 3.05) is 12.4 Å². The monoisotopic (exact) mass is 425 g/mol. The highest BCUT2D eigenvalue weighted by molar-refractivity contribution is 8.15. The van der Waals surface area contributed by atoms with E-state index in [1.54, 1.807) is 31.3 Å². The van der Waals surface area contributed by atoms with Crippen LogP contribution in [0.1, 0.15) is 6.42 Å². The third-order valence-corrected chi connectivity index (χ3v) is 5.57. The van der Waals surface area contributed by atoms with Crippen LogP contribution in [0.3, 0.4) is 0 Å². The molecule has 2 amide bonds. The number of aliphatic imine (C=N–C) groups is 1. The summed E-state index contributed by atoms with van der Waals surface area (Å²) in [6.45, 7) is 0. The van der Waals surface area contributed by atoms with Gasteiger partial charge in [0.1, 0.15) is 11.1 Å². The second-order valence-electron chi connectivity index (χ2n) is 5.73. The summed E-state index contributed by atoms with van der Waals surface area (Å²) in [5, 5.41) is 3.10. The Hall–Kier alpha value is -2.09. The molecule has 1 aliphatic heterocycles. The van der Waals surface area contributed by atoms with E-state index in [0.29, 0.717) is 20.9 Å². The largest absolute Gasteiger partial charge is 0.324 e. The molecule has 0 saturated carbocycles. The zero-order chi connectivity index (χ0) is 19.6. The summed E-state index contributed by atoms with van der Waals surface area (Å²) in [6.07, 6.45) is -0.107. The van der Waals surface area contributed by atoms with E-state index in [4.69, 9.17) is 23.2 Å². The number of benzene rings is 2. The first-order valence-corrected chi connectivity index (χ1v) is 9.51. The standard InChI is InChI=1S/C18H14Cl2FN3O2S/c1-24-17(26)15(9-16(25)22-13-5-3-2-4-12(13)21)27-18(24)23-14-8-10(19)6-7-11(14)20/h2-8,15H,9H2,1H3,(H,22,25)/t15-/m1/s1. The van der Waals surface area contributed by atoms with Gasteiger partial charge in [-0.15, -0.1) is 0 Å². The van der Waals surface area contributed by atoms with Gasteiger partial charge in [0, 0.05) is 18.5 Å². The molecule has 1 fully saturated rings. The number of nitrogens with one attached hydrogen (secondary N) is 1. The maximum absolute atomic E-state index is 13.6. The van der Waals surface area contributed by atoms with Gasteiger partial charge in [0.25, 0.3) is 0 Å². The number of anilines is 1. The summed E-state index contributed by atoms with van der Waals surface area (Å²) >= 11 is 13.2. The SMILES string of the molecule is CN1C(=O)[C@@H](CC(=O)Nc2ccccc2F)SC1=Nc1cc(Cl)ccc1Cl. The molecule has 1 N–H and O–H groups in total. The van der Waals surface area contributed by atoms with Crippen molar-refractivity contribution >= 4 is 63.3 Å². The van der Waals surface area contributed by atoms with E-state index in [0.717, 1.165) is 11.8 Å². The molecule has 5 nitrogen and oxygen atoms in total. The van der Waals surface area contributed by atoms with Gasteiger partial charge in [-0.1, -0.05) is 47.1 Å². The van der Waals surface area contributed by atoms with Gasteiger partial charge in [0.15, 0.2) is 5.17 Å². The second kappa shape index (κ2) is 8.29. The number of thioether (sulfide) groups is 1. The molecular weight excluding hydrogens is 412 g/mol. The number of carbonyl (C=O) groups excluding carboxylic acids is 2. The van der Waals surface area contributed by atoms with Gasteiger partial charge in [-0.05, 0) is 30.3 Å². The van der Waals surface area contributed by atoms with Crippen LogP contribution in [-0.2, 0) is 9.59 Å². The third kappa shape index (κ3) is 4.61. The van der Waals surface area contributed by atoms with Crippen LogP contribution in [0, 0.1) is 5.82 Å². The predicted octanol–water partition coefficient (Wildman–Crippen LogP) is 4.72. The van der Waals surface area contributed by atoms with Crippen LogP contribution in [0.15, 0.2) is 47.5 Å². The van der Waals surface area contributed by atoms with Crippen molar-refractivity contribution in [3.63, 3.8) is 0 Å². The van der Waals surface area contributed by atoms with E-state index in [1.807, 2.05) is 0 Å². The lowest BCUT2D eigenvalue weighted by Gasteiger charge is -2.10. The first-order valence-electron chi connectivity index (χ1n) is 7.87. The molecule has 0 bridgehead atoms. The van der Waals surface area contributed by atoms with Crippen molar-refractivity contribution in [3.05, 3.63) is 58.3 Å². The van der Waals surface area contributed by atoms with Crippen molar-refractivity contribution < 1.29 is 14.0 Å². The molecule has 2 aromatic rings. The van der Waals surface area contributed by atoms with Gasteiger partial charge in [0.2, 0.25) is 11.8 Å². The van der Waals surface area contributed by atoms with Gasteiger partial charge in [-0.2, -0.15) is 0 Å². The molecule has 0 aromatic heterocycles. The van der Waals surface area contributed by atoms with Crippen molar-refractivity contribution in [1.82, 2.24) is 4.90 Å². The fraction of sp³-hybridized carbons (Fsp3) is 0.167. The van der Waals surface area contributed by atoms with Crippen LogP contribution in [0.25, 0.3) is 0 Å². The molecule has 0 aliphatic carbocycles. The fourth-order valence-corrected chi connectivity index (χ4v) is 3.88. The van der Waals surface area contributed by atoms with Crippen molar-refractivity contribution in [1.29, 1.82) is 0 Å². The van der Waals surface area contributed by atoms with E-state index in [1.165, 1.54) is 23.1 Å². The minimum Gasteiger partial charge on any atom is -0.324 e. The van der Waals surface area contributed by atoms with E-state index in [9.17, 15) is 14.0 Å². The Morgan fingerprint density at radius 2 is 2.04 bits per heavy atom. The number of hydrogen-bond acceptors (Lipinski definition) is 4. The van der Waals surface area contributed by atoms with Crippen LogP contribution >= 0.6 is 35.0 Å². The smallest absolute Gasteiger partial charge is 0.242 e. The van der Waals surface area contributed by atoms with Gasteiger partial charge in [0.05, 0.1) is 16.4 Å². The number of amides is 2. The molecule has 0 unspecified atom stereocenters. The van der Waals surface area contributed by atoms with E-state index >= 15 is 0 Å². The summed E-state index contributed by atoms with van der Waals surface area (Å²) in [4.78, 5) is 30.4. The summed E-state index contributed by atoms with van der Waals surface area (Å²) in [7, 11) is 1.57. The molecule has 9 heteroatoms. The van der Waals surface area contributed by atoms with Gasteiger partial charge >= 0.3 is 0 Å². The zero-order valence-electron chi connectivity index (χ0n) is 14.1. The summed E-state index contributed by atoms with van der Waals surface area (Å²) < 4.78 is 13.6. The van der Waals surface area contributed by atoms with Gasteiger partial charge in [-0.3, -0.25) is 14.5 Å². The number of para-hydroxylation sites is 1. The minimum absolute atomic E-state index is 0.0749. The number of amidine groups is 1. The maximum Gasteiger partial charge on any atom is 0.242 e. The predicted molar refractivity (Wildman–Crippen MR) is 107 cm³/mol. The quantitative estimate of drug-likeness (QED) is 0.770. The Morgan fingerprint density at radius 1 is 1.30 bits per heavy atom. The number of carbonyl (C=O) groups is 2. The number of halogens is 3. The Balaban J connectivity index is 1.72. The first-order chi connectivity index (χ1) is 12.8. The van der Waals surface area contributed by atoms with Gasteiger partial charge < -0.3 is 5.32 Å². The van der Waals surface area contributed by atoms with E-state index < -0.39 is 17.0 Å². The Labute approximate surface area is 169 Å². The van der Waals surface area contributed by atoms with Crippen molar-refractivity contribution in [2.45, 2.75) is 11.7 Å². The zero-order valence-corrected chi connectivity index (χ0v) is 16.4. The lowest BCUT2D eigenvalue weighted by Crippen LogP contribution is -2.30. The summed E-state index contributed by atoms with van der Waals surface area (Å²) in [5.74, 6) is -1.26. The lowest BCUT2D eigenvalue weighted by atomic mass is 10.2. The molecule has 0 radical (unpaired) electrons. The fourth-order valence-electron chi connectivity index (χ4n) is 2.40. The van der Waals surface area contributed by atoms with Crippen LogP contribution < -0.4 is 5.32 Å². The average Bonchev–Trinajstić information content (AvgIpc) is 2.88. The van der Waals surface area contributed by atoms with Gasteiger partial charge in [-0.25, -0.2) is 9.38 Å². The second-order valence-corrected chi connectivity index (χ2v) is 7.74. The topological polar surface area (TPSA) is 61.8 Å². The number of hydrogen-bond donors (Lipinski definition) is 1. The third-order valence-electron chi connectivity index (χ3n) is 3.78. The molecule has 3 rings (SSSR count). The molecule has 0 spiro atoms. The van der Waals surface area contributed by atoms with Crippen LogP contribution in [0.2, 0.25) is 10.0 Å². The van der Waals surface area contributed by atoms with Crippen LogP contribution in [-0.4, -0.2) is 34.2 Å². The average molecular weight is 426 g/mol. The molecule has 1 saturated heterocycles. The molecular formula is C18H14Cl2FN3O2S. The minimum atomic E-state index is -0.654. The van der Waals surface area contributed by atoms with Crippen LogP contribution in [0.5, 0.6) is 0 Å². The highest BCUT2D eigenvalue weighted by Gasteiger charge is 2.37. The van der Waals surface area contributed by atoms with E-state index in [2.05, 4.69) is 10.3 Å². The van der Waals surface area contributed by atoms with E-state index in [-0.39, 0.29) is 18.0 Å². The van der Waals surface area contributed by atoms with Crippen molar-refractivity contribution in [2.24, 2.45) is 4.99 Å². The molecule has 140 valence electrons. The Morgan fingerprint density at radius 3 is 2.78 bits per heavy atom.